The average Bonchev–Trinajstić information content (AvgIpc) is 2.75. The third-order valence-corrected chi connectivity index (χ3v) is 2.65. The minimum absolute atomic E-state index is 0.310. The summed E-state index contributed by atoms with van der Waals surface area (Å²) in [6.45, 7) is 0.700. The Morgan fingerprint density at radius 1 is 1.50 bits per heavy atom. The van der Waals surface area contributed by atoms with Crippen LogP contribution in [-0.4, -0.2) is 31.5 Å². The fourth-order valence-corrected chi connectivity index (χ4v) is 1.73. The Morgan fingerprint density at radius 2 is 2.33 bits per heavy atom. The van der Waals surface area contributed by atoms with Crippen molar-refractivity contribution in [2.75, 3.05) is 11.9 Å². The maximum Gasteiger partial charge on any atom is 0.158 e. The summed E-state index contributed by atoms with van der Waals surface area (Å²) in [5.41, 5.74) is 7.34. The average molecular weight is 262 g/mol. The molecule has 3 N–H and O–H groups in total. The Hall–Kier alpha value is -2.02. The van der Waals surface area contributed by atoms with E-state index < -0.39 is 0 Å². The highest BCUT2D eigenvalue weighted by molar-refractivity contribution is 7.80. The molecule has 0 aliphatic heterocycles. The van der Waals surface area contributed by atoms with Gasteiger partial charge in [-0.3, -0.25) is 4.68 Å². The number of aromatic nitrogens is 4. The van der Waals surface area contributed by atoms with E-state index in [1.807, 2.05) is 19.3 Å². The summed E-state index contributed by atoms with van der Waals surface area (Å²) >= 11 is 4.95. The normalized spacial score (nSPS) is 10.3. The molecule has 0 unspecified atom stereocenters. The number of nitrogens with zero attached hydrogens (tertiary/aromatic N) is 4. The molecular formula is C11H14N6S. The maximum atomic E-state index is 5.61. The van der Waals surface area contributed by atoms with Gasteiger partial charge >= 0.3 is 0 Å². The number of thiocarbonyl (C=S) groups is 1. The molecule has 0 bridgehead atoms. The Labute approximate surface area is 110 Å². The van der Waals surface area contributed by atoms with E-state index >= 15 is 0 Å². The van der Waals surface area contributed by atoms with Gasteiger partial charge in [-0.2, -0.15) is 10.2 Å². The molecule has 0 aromatic carbocycles. The van der Waals surface area contributed by atoms with Gasteiger partial charge in [0.1, 0.15) is 4.99 Å². The molecule has 0 spiro atoms. The van der Waals surface area contributed by atoms with Crippen molar-refractivity contribution in [3.8, 4) is 0 Å². The van der Waals surface area contributed by atoms with Gasteiger partial charge < -0.3 is 11.1 Å². The summed E-state index contributed by atoms with van der Waals surface area (Å²) in [7, 11) is 1.89. The zero-order valence-electron chi connectivity index (χ0n) is 10.00. The number of hydrogen-bond acceptors (Lipinski definition) is 5. The summed E-state index contributed by atoms with van der Waals surface area (Å²) in [6.07, 6.45) is 4.28. The molecule has 2 aromatic rings. The molecule has 0 radical (unpaired) electrons. The molecular weight excluding hydrogens is 248 g/mol. The molecule has 0 aliphatic carbocycles. The van der Waals surface area contributed by atoms with E-state index in [9.17, 15) is 0 Å². The van der Waals surface area contributed by atoms with Crippen LogP contribution in [0.2, 0.25) is 0 Å². The molecule has 7 heteroatoms. The molecule has 6 nitrogen and oxygen atoms in total. The number of rotatable bonds is 5. The monoisotopic (exact) mass is 262 g/mol. The summed E-state index contributed by atoms with van der Waals surface area (Å²) in [6, 6.07) is 3.73. The van der Waals surface area contributed by atoms with Crippen LogP contribution < -0.4 is 11.1 Å². The highest BCUT2D eigenvalue weighted by Crippen LogP contribution is 2.09. The fraction of sp³-hybridized carbons (Fsp3) is 0.273. The molecule has 0 amide bonds. The molecule has 2 rings (SSSR count). The molecule has 18 heavy (non-hydrogen) atoms. The van der Waals surface area contributed by atoms with Crippen LogP contribution in [0.4, 0.5) is 5.82 Å². The first kappa shape index (κ1) is 12.4. The molecule has 94 valence electrons. The van der Waals surface area contributed by atoms with E-state index in [2.05, 4.69) is 20.6 Å². The topological polar surface area (TPSA) is 81.7 Å². The van der Waals surface area contributed by atoms with Crippen molar-refractivity contribution in [3.63, 3.8) is 0 Å². The molecule has 0 fully saturated rings. The molecule has 0 saturated carbocycles. The molecule has 0 atom stereocenters. The van der Waals surface area contributed by atoms with Crippen LogP contribution in [-0.2, 0) is 13.5 Å². The van der Waals surface area contributed by atoms with E-state index in [0.29, 0.717) is 22.9 Å². The van der Waals surface area contributed by atoms with Gasteiger partial charge in [-0.15, -0.1) is 5.10 Å². The Balaban J connectivity index is 1.96. The van der Waals surface area contributed by atoms with Crippen molar-refractivity contribution >= 4 is 23.0 Å². The van der Waals surface area contributed by atoms with E-state index in [0.717, 1.165) is 12.1 Å². The largest absolute Gasteiger partial charge is 0.389 e. The Bertz CT molecular complexity index is 550. The highest BCUT2D eigenvalue weighted by Gasteiger charge is 2.06. The van der Waals surface area contributed by atoms with Gasteiger partial charge in [0.25, 0.3) is 0 Å². The fourth-order valence-electron chi connectivity index (χ4n) is 1.57. The lowest BCUT2D eigenvalue weighted by molar-refractivity contribution is 0.741. The zero-order valence-corrected chi connectivity index (χ0v) is 10.8. The Kier molecular flexibility index (Phi) is 3.83. The van der Waals surface area contributed by atoms with Crippen molar-refractivity contribution < 1.29 is 0 Å². The molecule has 0 saturated heterocycles. The standard InChI is InChI=1S/C11H14N6S/c1-17-7-4-8(16-17)2-5-13-11-9(10(12)18)3-6-14-15-11/h3-4,6-7H,2,5H2,1H3,(H2,12,18)(H,13,15). The van der Waals surface area contributed by atoms with Gasteiger partial charge in [0, 0.05) is 26.2 Å². The number of anilines is 1. The van der Waals surface area contributed by atoms with Crippen LogP contribution in [0.15, 0.2) is 24.5 Å². The lowest BCUT2D eigenvalue weighted by Gasteiger charge is -2.07. The van der Waals surface area contributed by atoms with Gasteiger partial charge in [0.2, 0.25) is 0 Å². The van der Waals surface area contributed by atoms with Crippen molar-refractivity contribution in [3.05, 3.63) is 35.8 Å². The second-order valence-corrected chi connectivity index (χ2v) is 4.26. The van der Waals surface area contributed by atoms with Crippen LogP contribution >= 0.6 is 12.2 Å². The molecule has 2 heterocycles. The highest BCUT2D eigenvalue weighted by atomic mass is 32.1. The van der Waals surface area contributed by atoms with Crippen LogP contribution in [0.3, 0.4) is 0 Å². The van der Waals surface area contributed by atoms with Crippen molar-refractivity contribution in [2.24, 2.45) is 12.8 Å². The van der Waals surface area contributed by atoms with Crippen LogP contribution in [0.5, 0.6) is 0 Å². The Morgan fingerprint density at radius 3 is 3.00 bits per heavy atom. The number of aryl methyl sites for hydroxylation is 1. The molecule has 2 aromatic heterocycles. The number of nitrogens with one attached hydrogen (secondary N) is 1. The van der Waals surface area contributed by atoms with Gasteiger partial charge in [-0.1, -0.05) is 12.2 Å². The van der Waals surface area contributed by atoms with Crippen LogP contribution in [0.1, 0.15) is 11.3 Å². The SMILES string of the molecule is Cn1ccc(CCNc2nnccc2C(N)=S)n1. The summed E-state index contributed by atoms with van der Waals surface area (Å²) in [5.74, 6) is 0.612. The lowest BCUT2D eigenvalue weighted by Crippen LogP contribution is -2.16. The second-order valence-electron chi connectivity index (χ2n) is 3.82. The third kappa shape index (κ3) is 3.01. The van der Waals surface area contributed by atoms with Gasteiger partial charge in [-0.25, -0.2) is 0 Å². The van der Waals surface area contributed by atoms with Crippen molar-refractivity contribution in [1.29, 1.82) is 0 Å². The van der Waals surface area contributed by atoms with Crippen molar-refractivity contribution in [1.82, 2.24) is 20.0 Å². The predicted octanol–water partition coefficient (Wildman–Crippen LogP) is 0.499. The summed E-state index contributed by atoms with van der Waals surface area (Å²) < 4.78 is 1.78. The van der Waals surface area contributed by atoms with E-state index in [1.165, 1.54) is 0 Å². The van der Waals surface area contributed by atoms with Gasteiger partial charge in [0.15, 0.2) is 5.82 Å². The van der Waals surface area contributed by atoms with E-state index in [-0.39, 0.29) is 0 Å². The lowest BCUT2D eigenvalue weighted by atomic mass is 10.2. The van der Waals surface area contributed by atoms with E-state index in [1.54, 1.807) is 16.9 Å². The predicted molar refractivity (Wildman–Crippen MR) is 73.3 cm³/mol. The van der Waals surface area contributed by atoms with Crippen molar-refractivity contribution in [2.45, 2.75) is 6.42 Å². The number of nitrogens with two attached hydrogens (primary N) is 1. The molecule has 0 aliphatic rings. The minimum atomic E-state index is 0.310. The minimum Gasteiger partial charge on any atom is -0.389 e. The third-order valence-electron chi connectivity index (χ3n) is 2.43. The first-order chi connectivity index (χ1) is 8.66. The number of hydrogen-bond donors (Lipinski definition) is 2. The summed E-state index contributed by atoms with van der Waals surface area (Å²) in [4.78, 5) is 0.310. The summed E-state index contributed by atoms with van der Waals surface area (Å²) in [5, 5.41) is 15.2. The smallest absolute Gasteiger partial charge is 0.158 e. The van der Waals surface area contributed by atoms with Crippen LogP contribution in [0, 0.1) is 0 Å². The van der Waals surface area contributed by atoms with Gasteiger partial charge in [-0.05, 0) is 12.1 Å². The van der Waals surface area contributed by atoms with Gasteiger partial charge in [0.05, 0.1) is 17.5 Å². The first-order valence-electron chi connectivity index (χ1n) is 5.50. The van der Waals surface area contributed by atoms with Crippen LogP contribution in [0.25, 0.3) is 0 Å². The zero-order chi connectivity index (χ0) is 13.0. The maximum absolute atomic E-state index is 5.61. The van der Waals surface area contributed by atoms with E-state index in [4.69, 9.17) is 18.0 Å². The second kappa shape index (κ2) is 5.54. The quantitative estimate of drug-likeness (QED) is 0.764. The first-order valence-corrected chi connectivity index (χ1v) is 5.91.